The molecule has 2 aromatic rings. The second-order valence-corrected chi connectivity index (χ2v) is 13.9. The molecule has 0 saturated heterocycles. The lowest BCUT2D eigenvalue weighted by atomic mass is 10.0. The summed E-state index contributed by atoms with van der Waals surface area (Å²) >= 11 is 0. The summed E-state index contributed by atoms with van der Waals surface area (Å²) in [5.74, 6) is 1.58. The van der Waals surface area contributed by atoms with E-state index in [0.29, 0.717) is 0 Å². The summed E-state index contributed by atoms with van der Waals surface area (Å²) in [4.78, 5) is 0. The maximum absolute atomic E-state index is 10.3. The molecule has 0 saturated carbocycles. The van der Waals surface area contributed by atoms with Crippen LogP contribution in [0.2, 0.25) is 0 Å². The number of unbranched alkanes of at least 4 members (excludes halogenated alkanes) is 22. The first-order valence-corrected chi connectivity index (χ1v) is 20.0. The van der Waals surface area contributed by atoms with Crippen molar-refractivity contribution in [2.45, 2.75) is 187 Å². The van der Waals surface area contributed by atoms with Crippen molar-refractivity contribution < 1.29 is 14.6 Å². The van der Waals surface area contributed by atoms with E-state index in [0.717, 1.165) is 24.3 Å². The molecular weight excluding hydrogens is 576 g/mol. The molecule has 1 unspecified atom stereocenters. The van der Waals surface area contributed by atoms with Gasteiger partial charge < -0.3 is 14.6 Å². The fourth-order valence-corrected chi connectivity index (χ4v) is 6.27. The number of hydrogen-bond donors (Lipinski definition) is 1. The smallest absolute Gasteiger partial charge is 0.126 e. The van der Waals surface area contributed by atoms with Crippen molar-refractivity contribution in [3.63, 3.8) is 0 Å². The highest BCUT2D eigenvalue weighted by Crippen LogP contribution is 2.18. The van der Waals surface area contributed by atoms with Crippen molar-refractivity contribution in [3.8, 4) is 11.5 Å². The molecule has 0 heterocycles. The molecular formula is C44H72O3. The molecule has 0 aromatic heterocycles. The Labute approximate surface area is 290 Å². The molecule has 0 bridgehead atoms. The second-order valence-electron chi connectivity index (χ2n) is 13.9. The van der Waals surface area contributed by atoms with Crippen LogP contribution in [-0.2, 0) is 12.8 Å². The molecule has 0 radical (unpaired) electrons. The van der Waals surface area contributed by atoms with E-state index in [-0.39, 0.29) is 6.61 Å². The summed E-state index contributed by atoms with van der Waals surface area (Å²) in [6.07, 6.45) is 37.9. The molecule has 2 aromatic carbocycles. The van der Waals surface area contributed by atoms with Gasteiger partial charge in [-0.3, -0.25) is 0 Å². The first-order valence-electron chi connectivity index (χ1n) is 20.0. The van der Waals surface area contributed by atoms with Crippen LogP contribution < -0.4 is 9.47 Å². The van der Waals surface area contributed by atoms with E-state index in [1.807, 2.05) is 24.3 Å². The monoisotopic (exact) mass is 649 g/mol. The van der Waals surface area contributed by atoms with Crippen molar-refractivity contribution in [1.29, 1.82) is 0 Å². The van der Waals surface area contributed by atoms with E-state index in [9.17, 15) is 5.11 Å². The van der Waals surface area contributed by atoms with Crippen molar-refractivity contribution >= 4 is 0 Å². The van der Waals surface area contributed by atoms with Crippen LogP contribution >= 0.6 is 0 Å². The first-order chi connectivity index (χ1) is 23.2. The second kappa shape index (κ2) is 29.8. The Balaban J connectivity index is 1.45. The van der Waals surface area contributed by atoms with Crippen molar-refractivity contribution in [2.24, 2.45) is 0 Å². The quantitative estimate of drug-likeness (QED) is 0.0634. The normalized spacial score (nSPS) is 12.1. The fourth-order valence-electron chi connectivity index (χ4n) is 6.27. The Kier molecular flexibility index (Phi) is 26.0. The van der Waals surface area contributed by atoms with Gasteiger partial charge in [0.25, 0.3) is 0 Å². The van der Waals surface area contributed by atoms with Crippen LogP contribution in [0.25, 0.3) is 0 Å². The molecule has 1 N–H and O–H groups in total. The van der Waals surface area contributed by atoms with Crippen molar-refractivity contribution in [1.82, 2.24) is 0 Å². The topological polar surface area (TPSA) is 38.7 Å². The standard InChI is InChI=1S/C44H72O3/c1-3-5-7-9-11-13-15-17-19-21-23-25-27-40-29-33-43(34-30-40)46-38-37-42(45)39-47-44-35-31-41(32-36-44)28-26-24-22-20-18-16-14-12-10-8-6-4-2/h29-38,42,45H,3-28,39H2,1-2H3. The van der Waals surface area contributed by atoms with Gasteiger partial charge in [0.1, 0.15) is 24.2 Å². The van der Waals surface area contributed by atoms with Crippen LogP contribution in [0.1, 0.15) is 179 Å². The predicted octanol–water partition coefficient (Wildman–Crippen LogP) is 13.5. The van der Waals surface area contributed by atoms with Gasteiger partial charge in [-0.25, -0.2) is 0 Å². The lowest BCUT2D eigenvalue weighted by molar-refractivity contribution is 0.143. The lowest BCUT2D eigenvalue weighted by Crippen LogP contribution is -2.14. The van der Waals surface area contributed by atoms with E-state index >= 15 is 0 Å². The molecule has 3 heteroatoms. The Hall–Kier alpha value is -2.26. The zero-order chi connectivity index (χ0) is 33.5. The summed E-state index contributed by atoms with van der Waals surface area (Å²) in [6, 6.07) is 16.7. The van der Waals surface area contributed by atoms with Crippen LogP contribution in [0.4, 0.5) is 0 Å². The van der Waals surface area contributed by atoms with Gasteiger partial charge in [0.15, 0.2) is 0 Å². The highest BCUT2D eigenvalue weighted by atomic mass is 16.5. The predicted molar refractivity (Wildman–Crippen MR) is 204 cm³/mol. The van der Waals surface area contributed by atoms with E-state index in [1.165, 1.54) is 165 Å². The Bertz CT molecular complexity index is 965. The zero-order valence-corrected chi connectivity index (χ0v) is 30.7. The molecule has 0 amide bonds. The molecule has 0 spiro atoms. The van der Waals surface area contributed by atoms with Gasteiger partial charge in [-0.2, -0.15) is 0 Å². The number of aliphatic hydroxyl groups excluding tert-OH is 1. The molecule has 0 aliphatic heterocycles. The Morgan fingerprint density at radius 1 is 0.468 bits per heavy atom. The van der Waals surface area contributed by atoms with E-state index in [1.54, 1.807) is 12.3 Å². The van der Waals surface area contributed by atoms with Gasteiger partial charge in [0.05, 0.1) is 6.26 Å². The van der Waals surface area contributed by atoms with Crippen molar-refractivity contribution in [3.05, 3.63) is 72.0 Å². The average molecular weight is 649 g/mol. The molecule has 1 atom stereocenters. The fraction of sp³-hybridized carbons (Fsp3) is 0.682. The number of benzene rings is 2. The minimum absolute atomic E-state index is 0.204. The molecule has 0 aliphatic carbocycles. The molecule has 3 nitrogen and oxygen atoms in total. The zero-order valence-electron chi connectivity index (χ0n) is 30.7. The lowest BCUT2D eigenvalue weighted by Gasteiger charge is -2.10. The largest absolute Gasteiger partial charge is 0.491 e. The first kappa shape index (κ1) is 40.9. The van der Waals surface area contributed by atoms with Crippen molar-refractivity contribution in [2.75, 3.05) is 6.61 Å². The SMILES string of the molecule is CCCCCCCCCCCCCCc1ccc(OC=CC(O)COc2ccc(CCCCCCCCCCCCCC)cc2)cc1. The van der Waals surface area contributed by atoms with Crippen LogP contribution in [0.3, 0.4) is 0 Å². The minimum atomic E-state index is -0.721. The van der Waals surface area contributed by atoms with Crippen LogP contribution in [-0.4, -0.2) is 17.8 Å². The number of aliphatic hydroxyl groups is 1. The highest BCUT2D eigenvalue weighted by molar-refractivity contribution is 5.28. The summed E-state index contributed by atoms with van der Waals surface area (Å²) < 4.78 is 11.5. The number of hydrogen-bond acceptors (Lipinski definition) is 3. The molecule has 266 valence electrons. The number of aryl methyl sites for hydroxylation is 2. The molecule has 47 heavy (non-hydrogen) atoms. The van der Waals surface area contributed by atoms with Gasteiger partial charge in [0, 0.05) is 0 Å². The Morgan fingerprint density at radius 3 is 1.19 bits per heavy atom. The van der Waals surface area contributed by atoms with E-state index < -0.39 is 6.10 Å². The van der Waals surface area contributed by atoms with Crippen LogP contribution in [0.5, 0.6) is 11.5 Å². The number of ether oxygens (including phenoxy) is 2. The van der Waals surface area contributed by atoms with Gasteiger partial charge in [0.2, 0.25) is 0 Å². The van der Waals surface area contributed by atoms with Gasteiger partial charge in [-0.1, -0.05) is 179 Å². The molecule has 0 fully saturated rings. The third-order valence-corrected chi connectivity index (χ3v) is 9.41. The van der Waals surface area contributed by atoms with Gasteiger partial charge >= 0.3 is 0 Å². The van der Waals surface area contributed by atoms with Gasteiger partial charge in [-0.15, -0.1) is 0 Å². The third-order valence-electron chi connectivity index (χ3n) is 9.41. The average Bonchev–Trinajstić information content (AvgIpc) is 3.09. The third kappa shape index (κ3) is 23.7. The highest BCUT2D eigenvalue weighted by Gasteiger charge is 2.03. The maximum Gasteiger partial charge on any atom is 0.126 e. The summed E-state index contributed by atoms with van der Waals surface area (Å²) in [6.45, 7) is 4.77. The van der Waals surface area contributed by atoms with Crippen LogP contribution in [0, 0.1) is 0 Å². The summed E-state index contributed by atoms with van der Waals surface area (Å²) in [5, 5.41) is 10.3. The molecule has 2 rings (SSSR count). The summed E-state index contributed by atoms with van der Waals surface area (Å²) in [5.41, 5.74) is 2.72. The maximum atomic E-state index is 10.3. The van der Waals surface area contributed by atoms with Gasteiger partial charge in [-0.05, 0) is 67.2 Å². The molecule has 0 aliphatic rings. The van der Waals surface area contributed by atoms with Crippen LogP contribution in [0.15, 0.2) is 60.9 Å². The van der Waals surface area contributed by atoms with E-state index in [2.05, 4.69) is 38.1 Å². The Morgan fingerprint density at radius 2 is 0.809 bits per heavy atom. The summed E-state index contributed by atoms with van der Waals surface area (Å²) in [7, 11) is 0. The minimum Gasteiger partial charge on any atom is -0.491 e. The van der Waals surface area contributed by atoms with E-state index in [4.69, 9.17) is 9.47 Å². The number of rotatable bonds is 32.